The number of hydrogen-bond acceptors (Lipinski definition) is 4. The zero-order valence-electron chi connectivity index (χ0n) is 21.4. The van der Waals surface area contributed by atoms with Gasteiger partial charge in [-0.25, -0.2) is 4.79 Å². The molecule has 8 heteroatoms. The van der Waals surface area contributed by atoms with E-state index in [1.165, 1.54) is 6.07 Å². The first-order valence-electron chi connectivity index (χ1n) is 12.7. The van der Waals surface area contributed by atoms with E-state index in [4.69, 9.17) is 9.47 Å². The Morgan fingerprint density at radius 1 is 1.08 bits per heavy atom. The predicted molar refractivity (Wildman–Crippen MR) is 143 cm³/mol. The van der Waals surface area contributed by atoms with Crippen molar-refractivity contribution < 1.29 is 32.5 Å². The zero-order chi connectivity index (χ0) is 27.6. The van der Waals surface area contributed by atoms with Crippen molar-refractivity contribution in [1.82, 2.24) is 4.90 Å². The molecule has 1 N–H and O–H groups in total. The Labute approximate surface area is 224 Å². The zero-order valence-corrected chi connectivity index (χ0v) is 21.4. The lowest BCUT2D eigenvalue weighted by Crippen LogP contribution is -2.34. The summed E-state index contributed by atoms with van der Waals surface area (Å²) in [6, 6.07) is 16.7. The van der Waals surface area contributed by atoms with Crippen molar-refractivity contribution in [3.8, 4) is 22.6 Å². The molecule has 2 aliphatic rings. The van der Waals surface area contributed by atoms with Crippen LogP contribution in [0.25, 0.3) is 17.2 Å². The number of hydrogen-bond donors (Lipinski definition) is 1. The van der Waals surface area contributed by atoms with E-state index in [1.54, 1.807) is 55.5 Å². The molecule has 0 atom stereocenters. The highest BCUT2D eigenvalue weighted by Gasteiger charge is 2.34. The minimum Gasteiger partial charge on any atom is -0.489 e. The molecule has 2 heterocycles. The van der Waals surface area contributed by atoms with Crippen molar-refractivity contribution in [1.29, 1.82) is 0 Å². The summed E-state index contributed by atoms with van der Waals surface area (Å²) >= 11 is 0. The van der Waals surface area contributed by atoms with Crippen LogP contribution in [0.2, 0.25) is 0 Å². The van der Waals surface area contributed by atoms with E-state index in [1.807, 2.05) is 12.1 Å². The highest BCUT2D eigenvalue weighted by molar-refractivity contribution is 5.87. The Morgan fingerprint density at radius 2 is 1.90 bits per heavy atom. The van der Waals surface area contributed by atoms with Crippen molar-refractivity contribution >= 4 is 12.0 Å². The van der Waals surface area contributed by atoms with Gasteiger partial charge in [-0.05, 0) is 65.4 Å². The van der Waals surface area contributed by atoms with Gasteiger partial charge in [-0.3, -0.25) is 4.90 Å². The van der Waals surface area contributed by atoms with Crippen molar-refractivity contribution in [2.75, 3.05) is 26.2 Å². The minimum atomic E-state index is -4.50. The summed E-state index contributed by atoms with van der Waals surface area (Å²) in [5.41, 5.74) is 3.52. The van der Waals surface area contributed by atoms with Crippen molar-refractivity contribution in [3.05, 3.63) is 100 Å². The minimum absolute atomic E-state index is 0.0224. The molecule has 0 bridgehead atoms. The normalized spacial score (nSPS) is 15.6. The number of ether oxygens (including phenoxy) is 2. The molecule has 0 aromatic heterocycles. The second-order valence-corrected chi connectivity index (χ2v) is 9.81. The number of aliphatic carboxylic acids is 1. The highest BCUT2D eigenvalue weighted by atomic mass is 19.4. The summed E-state index contributed by atoms with van der Waals surface area (Å²) in [4.78, 5) is 13.4. The van der Waals surface area contributed by atoms with Crippen LogP contribution in [0.15, 0.2) is 77.9 Å². The maximum absolute atomic E-state index is 13.9. The Morgan fingerprint density at radius 3 is 2.67 bits per heavy atom. The third-order valence-electron chi connectivity index (χ3n) is 6.92. The topological polar surface area (TPSA) is 59.0 Å². The van der Waals surface area contributed by atoms with Gasteiger partial charge in [-0.1, -0.05) is 42.5 Å². The fraction of sp³-hybridized carbons (Fsp3) is 0.258. The molecule has 0 radical (unpaired) electrons. The Balaban J connectivity index is 1.27. The number of benzene rings is 3. The first-order valence-corrected chi connectivity index (χ1v) is 12.7. The first kappa shape index (κ1) is 26.6. The maximum Gasteiger partial charge on any atom is 0.417 e. The van der Waals surface area contributed by atoms with Crippen LogP contribution < -0.4 is 9.47 Å². The van der Waals surface area contributed by atoms with Gasteiger partial charge in [0.1, 0.15) is 24.7 Å². The van der Waals surface area contributed by atoms with E-state index in [9.17, 15) is 23.1 Å². The number of rotatable bonds is 7. The van der Waals surface area contributed by atoms with Crippen LogP contribution in [-0.2, 0) is 17.6 Å². The lowest BCUT2D eigenvalue weighted by Gasteiger charge is -2.28. The van der Waals surface area contributed by atoms with Crippen LogP contribution in [0.4, 0.5) is 13.2 Å². The van der Waals surface area contributed by atoms with Crippen molar-refractivity contribution in [2.45, 2.75) is 26.1 Å². The van der Waals surface area contributed by atoms with Crippen LogP contribution >= 0.6 is 0 Å². The van der Waals surface area contributed by atoms with Gasteiger partial charge in [0.15, 0.2) is 0 Å². The smallest absolute Gasteiger partial charge is 0.417 e. The van der Waals surface area contributed by atoms with E-state index in [0.717, 1.165) is 29.3 Å². The molecule has 5 rings (SSSR count). The van der Waals surface area contributed by atoms with Crippen LogP contribution in [0, 0.1) is 6.92 Å². The van der Waals surface area contributed by atoms with E-state index in [-0.39, 0.29) is 12.2 Å². The molecule has 0 fully saturated rings. The molecule has 3 aromatic carbocycles. The number of carboxylic acids is 1. The SMILES string of the molecule is Cc1ccccc1-c1ccc(COc2ccc3c(c2)OCC(CN2CCC=C(C(=O)O)C2)=C3)cc1C(F)(F)F. The molecule has 0 saturated heterocycles. The molecular formula is C31H28F3NO4. The van der Waals surface area contributed by atoms with Gasteiger partial charge < -0.3 is 14.6 Å². The number of carbonyl (C=O) groups is 1. The summed E-state index contributed by atoms with van der Waals surface area (Å²) in [5.74, 6) is 0.240. The second-order valence-electron chi connectivity index (χ2n) is 9.81. The number of alkyl halides is 3. The van der Waals surface area contributed by atoms with Crippen molar-refractivity contribution in [3.63, 3.8) is 0 Å². The second kappa shape index (κ2) is 11.0. The lowest BCUT2D eigenvalue weighted by atomic mass is 9.94. The van der Waals surface area contributed by atoms with Gasteiger partial charge in [0.05, 0.1) is 5.56 Å². The fourth-order valence-corrected chi connectivity index (χ4v) is 4.95. The molecule has 2 aliphatic heterocycles. The Hall–Kier alpha value is -4.04. The third kappa shape index (κ3) is 6.17. The molecule has 39 heavy (non-hydrogen) atoms. The summed E-state index contributed by atoms with van der Waals surface area (Å²) in [5, 5.41) is 9.26. The molecule has 202 valence electrons. The molecule has 0 unspecified atom stereocenters. The number of carboxylic acid groups (broad SMARTS) is 1. The molecule has 5 nitrogen and oxygen atoms in total. The molecular weight excluding hydrogens is 507 g/mol. The van der Waals surface area contributed by atoms with E-state index >= 15 is 0 Å². The number of aryl methyl sites for hydroxylation is 1. The van der Waals surface area contributed by atoms with Gasteiger partial charge in [-0.15, -0.1) is 0 Å². The maximum atomic E-state index is 13.9. The number of nitrogens with zero attached hydrogens (tertiary/aromatic N) is 1. The number of halogens is 3. The molecule has 0 aliphatic carbocycles. The van der Waals surface area contributed by atoms with E-state index in [0.29, 0.717) is 54.3 Å². The first-order chi connectivity index (χ1) is 18.7. The standard InChI is InChI=1S/C31H28F3NO4/c1-20-5-2-3-7-26(20)27-11-8-21(14-28(27)31(32,33)34)18-38-25-10-9-23-13-22(19-39-29(23)15-25)16-35-12-4-6-24(17-35)30(36)37/h2-3,5-11,13-15H,4,12,16-19H2,1H3,(H,36,37). The monoisotopic (exact) mass is 535 g/mol. The lowest BCUT2D eigenvalue weighted by molar-refractivity contribution is -0.137. The fourth-order valence-electron chi connectivity index (χ4n) is 4.95. The molecule has 0 saturated carbocycles. The van der Waals surface area contributed by atoms with Gasteiger partial charge in [-0.2, -0.15) is 13.2 Å². The van der Waals surface area contributed by atoms with Crippen LogP contribution in [0.1, 0.15) is 28.7 Å². The molecule has 0 spiro atoms. The van der Waals surface area contributed by atoms with Gasteiger partial charge in [0, 0.05) is 36.8 Å². The summed E-state index contributed by atoms with van der Waals surface area (Å²) in [6.07, 6.45) is -0.00561. The quantitative estimate of drug-likeness (QED) is 0.363. The summed E-state index contributed by atoms with van der Waals surface area (Å²) in [6.45, 7) is 3.94. The van der Waals surface area contributed by atoms with Gasteiger partial charge >= 0.3 is 12.1 Å². The van der Waals surface area contributed by atoms with Gasteiger partial charge in [0.2, 0.25) is 0 Å². The van der Waals surface area contributed by atoms with E-state index in [2.05, 4.69) is 4.90 Å². The van der Waals surface area contributed by atoms with Crippen LogP contribution in [0.5, 0.6) is 11.5 Å². The van der Waals surface area contributed by atoms with Crippen molar-refractivity contribution in [2.24, 2.45) is 0 Å². The average Bonchev–Trinajstić information content (AvgIpc) is 2.92. The predicted octanol–water partition coefficient (Wildman–Crippen LogP) is 6.75. The largest absolute Gasteiger partial charge is 0.489 e. The van der Waals surface area contributed by atoms with Crippen LogP contribution in [0.3, 0.4) is 0 Å². The Kier molecular flexibility index (Phi) is 7.48. The summed E-state index contributed by atoms with van der Waals surface area (Å²) < 4.78 is 53.6. The molecule has 3 aromatic rings. The highest BCUT2D eigenvalue weighted by Crippen LogP contribution is 2.39. The number of fused-ring (bicyclic) bond motifs is 1. The van der Waals surface area contributed by atoms with E-state index < -0.39 is 17.7 Å². The van der Waals surface area contributed by atoms with Gasteiger partial charge in [0.25, 0.3) is 0 Å². The third-order valence-corrected chi connectivity index (χ3v) is 6.92. The average molecular weight is 536 g/mol. The molecule has 0 amide bonds. The summed E-state index contributed by atoms with van der Waals surface area (Å²) in [7, 11) is 0. The Bertz CT molecular complexity index is 1460. The van der Waals surface area contributed by atoms with Crippen LogP contribution in [-0.4, -0.2) is 42.2 Å².